The molecule has 5 nitrogen and oxygen atoms in total. The van der Waals surface area contributed by atoms with Crippen LogP contribution >= 0.6 is 0 Å². The number of β-amino-alcohol motifs (C(OH)–C–C–N with tert-alkyl or cyclic N) is 2. The van der Waals surface area contributed by atoms with E-state index in [1.54, 1.807) is 4.90 Å². The van der Waals surface area contributed by atoms with Crippen molar-refractivity contribution < 1.29 is 15.0 Å². The zero-order valence-corrected chi connectivity index (χ0v) is 8.72. The third-order valence-corrected chi connectivity index (χ3v) is 3.70. The van der Waals surface area contributed by atoms with Gasteiger partial charge < -0.3 is 20.8 Å². The summed E-state index contributed by atoms with van der Waals surface area (Å²) in [7, 11) is 0. The molecule has 2 rings (SSSR count). The predicted molar refractivity (Wildman–Crippen MR) is 53.9 cm³/mol. The van der Waals surface area contributed by atoms with Gasteiger partial charge >= 0.3 is 0 Å². The standard InChI is InChI=1S/C10H18N2O3/c11-6-10(2-1-3-10)9(15)12-4-7(13)8(14)5-12/h7-8,13-14H,1-6,11H2. The lowest BCUT2D eigenvalue weighted by Crippen LogP contribution is -2.51. The first-order valence-corrected chi connectivity index (χ1v) is 5.45. The predicted octanol–water partition coefficient (Wildman–Crippen LogP) is -1.32. The fourth-order valence-electron chi connectivity index (χ4n) is 2.38. The maximum absolute atomic E-state index is 12.1. The summed E-state index contributed by atoms with van der Waals surface area (Å²) in [6.07, 6.45) is 1.12. The molecule has 0 spiro atoms. The highest BCUT2D eigenvalue weighted by molar-refractivity contribution is 5.84. The van der Waals surface area contributed by atoms with Gasteiger partial charge in [-0.2, -0.15) is 0 Å². The van der Waals surface area contributed by atoms with Crippen molar-refractivity contribution in [2.24, 2.45) is 11.1 Å². The molecule has 1 saturated heterocycles. The van der Waals surface area contributed by atoms with Crippen LogP contribution < -0.4 is 5.73 Å². The molecule has 1 saturated carbocycles. The Kier molecular flexibility index (Phi) is 2.70. The molecule has 2 unspecified atom stereocenters. The second-order valence-corrected chi connectivity index (χ2v) is 4.68. The van der Waals surface area contributed by atoms with Crippen LogP contribution in [-0.4, -0.2) is 52.9 Å². The first-order valence-electron chi connectivity index (χ1n) is 5.45. The zero-order chi connectivity index (χ0) is 11.1. The van der Waals surface area contributed by atoms with Crippen LogP contribution in [0.2, 0.25) is 0 Å². The maximum atomic E-state index is 12.1. The maximum Gasteiger partial charge on any atom is 0.230 e. The molecular formula is C10H18N2O3. The smallest absolute Gasteiger partial charge is 0.230 e. The molecular weight excluding hydrogens is 196 g/mol. The number of nitrogens with two attached hydrogens (primary N) is 1. The second kappa shape index (κ2) is 3.73. The number of hydrogen-bond donors (Lipinski definition) is 3. The van der Waals surface area contributed by atoms with Crippen molar-refractivity contribution in [3.05, 3.63) is 0 Å². The summed E-state index contributed by atoms with van der Waals surface area (Å²) < 4.78 is 0. The van der Waals surface area contributed by atoms with Crippen LogP contribution in [-0.2, 0) is 4.79 Å². The van der Waals surface area contributed by atoms with Gasteiger partial charge in [-0.3, -0.25) is 4.79 Å². The van der Waals surface area contributed by atoms with Gasteiger partial charge in [0.1, 0.15) is 0 Å². The van der Waals surface area contributed by atoms with Crippen molar-refractivity contribution in [1.29, 1.82) is 0 Å². The van der Waals surface area contributed by atoms with Crippen molar-refractivity contribution in [3.63, 3.8) is 0 Å². The van der Waals surface area contributed by atoms with Crippen molar-refractivity contribution in [2.45, 2.75) is 31.5 Å². The van der Waals surface area contributed by atoms with Crippen LogP contribution in [0.15, 0.2) is 0 Å². The summed E-state index contributed by atoms with van der Waals surface area (Å²) in [4.78, 5) is 13.6. The Bertz CT molecular complexity index is 250. The molecule has 15 heavy (non-hydrogen) atoms. The third-order valence-electron chi connectivity index (χ3n) is 3.70. The van der Waals surface area contributed by atoms with E-state index in [1.807, 2.05) is 0 Å². The Morgan fingerprint density at radius 3 is 2.20 bits per heavy atom. The SMILES string of the molecule is NCC1(C(=O)N2CC(O)C(O)C2)CCC1. The van der Waals surface area contributed by atoms with Crippen LogP contribution in [0.25, 0.3) is 0 Å². The van der Waals surface area contributed by atoms with Crippen LogP contribution in [0.3, 0.4) is 0 Å². The largest absolute Gasteiger partial charge is 0.388 e. The highest BCUT2D eigenvalue weighted by Crippen LogP contribution is 2.42. The van der Waals surface area contributed by atoms with E-state index in [-0.39, 0.29) is 19.0 Å². The number of carbonyl (C=O) groups is 1. The lowest BCUT2D eigenvalue weighted by Gasteiger charge is -2.41. The number of likely N-dealkylation sites (tertiary alicyclic amines) is 1. The monoisotopic (exact) mass is 214 g/mol. The van der Waals surface area contributed by atoms with E-state index < -0.39 is 17.6 Å². The summed E-state index contributed by atoms with van der Waals surface area (Å²) in [5.41, 5.74) is 5.24. The molecule has 2 fully saturated rings. The van der Waals surface area contributed by atoms with E-state index >= 15 is 0 Å². The van der Waals surface area contributed by atoms with Gasteiger partial charge in [-0.1, -0.05) is 6.42 Å². The molecule has 4 N–H and O–H groups in total. The molecule has 1 amide bonds. The average molecular weight is 214 g/mol. The lowest BCUT2D eigenvalue weighted by molar-refractivity contribution is -0.146. The quantitative estimate of drug-likeness (QED) is 0.532. The molecule has 2 atom stereocenters. The van der Waals surface area contributed by atoms with Crippen molar-refractivity contribution in [1.82, 2.24) is 4.90 Å². The van der Waals surface area contributed by atoms with E-state index in [2.05, 4.69) is 0 Å². The first kappa shape index (κ1) is 10.9. The third kappa shape index (κ3) is 1.64. The normalized spacial score (nSPS) is 33.9. The number of amides is 1. The Labute approximate surface area is 88.9 Å². The van der Waals surface area contributed by atoms with Gasteiger partial charge in [-0.25, -0.2) is 0 Å². The van der Waals surface area contributed by atoms with Gasteiger partial charge in [0.2, 0.25) is 5.91 Å². The van der Waals surface area contributed by atoms with E-state index in [1.165, 1.54) is 0 Å². The van der Waals surface area contributed by atoms with Crippen LogP contribution in [0.5, 0.6) is 0 Å². The van der Waals surface area contributed by atoms with Gasteiger partial charge in [0, 0.05) is 19.6 Å². The minimum Gasteiger partial charge on any atom is -0.388 e. The Morgan fingerprint density at radius 1 is 1.33 bits per heavy atom. The van der Waals surface area contributed by atoms with E-state index in [0.29, 0.717) is 6.54 Å². The number of rotatable bonds is 2. The topological polar surface area (TPSA) is 86.8 Å². The molecule has 5 heteroatoms. The summed E-state index contributed by atoms with van der Waals surface area (Å²) in [6.45, 7) is 0.845. The summed E-state index contributed by atoms with van der Waals surface area (Å²) in [6, 6.07) is 0. The Morgan fingerprint density at radius 2 is 1.87 bits per heavy atom. The van der Waals surface area contributed by atoms with Gasteiger partial charge in [0.15, 0.2) is 0 Å². The summed E-state index contributed by atoms with van der Waals surface area (Å²) in [5, 5.41) is 18.7. The van der Waals surface area contributed by atoms with Gasteiger partial charge in [-0.05, 0) is 12.8 Å². The first-order chi connectivity index (χ1) is 7.09. The van der Waals surface area contributed by atoms with E-state index in [4.69, 9.17) is 5.73 Å². The molecule has 2 aliphatic rings. The highest BCUT2D eigenvalue weighted by Gasteiger charge is 2.47. The minimum atomic E-state index is -0.802. The molecule has 1 aliphatic carbocycles. The number of aliphatic hydroxyl groups excluding tert-OH is 2. The number of nitrogens with zero attached hydrogens (tertiary/aromatic N) is 1. The Hall–Kier alpha value is -0.650. The minimum absolute atomic E-state index is 0.00634. The highest BCUT2D eigenvalue weighted by atomic mass is 16.3. The molecule has 0 aromatic heterocycles. The summed E-state index contributed by atoms with van der Waals surface area (Å²) in [5.74, 6) is 0.00634. The molecule has 1 heterocycles. The van der Waals surface area contributed by atoms with E-state index in [9.17, 15) is 15.0 Å². The van der Waals surface area contributed by atoms with Gasteiger partial charge in [0.25, 0.3) is 0 Å². The molecule has 0 radical (unpaired) electrons. The van der Waals surface area contributed by atoms with Crippen molar-refractivity contribution >= 4 is 5.91 Å². The van der Waals surface area contributed by atoms with Crippen LogP contribution in [0, 0.1) is 5.41 Å². The second-order valence-electron chi connectivity index (χ2n) is 4.68. The van der Waals surface area contributed by atoms with Gasteiger partial charge in [-0.15, -0.1) is 0 Å². The molecule has 86 valence electrons. The van der Waals surface area contributed by atoms with E-state index in [0.717, 1.165) is 19.3 Å². The zero-order valence-electron chi connectivity index (χ0n) is 8.72. The van der Waals surface area contributed by atoms with Crippen molar-refractivity contribution in [2.75, 3.05) is 19.6 Å². The number of aliphatic hydroxyl groups is 2. The molecule has 1 aliphatic heterocycles. The van der Waals surface area contributed by atoms with Crippen molar-refractivity contribution in [3.8, 4) is 0 Å². The molecule has 0 aromatic rings. The van der Waals surface area contributed by atoms with Gasteiger partial charge in [0.05, 0.1) is 17.6 Å². The van der Waals surface area contributed by atoms with Crippen LogP contribution in [0.4, 0.5) is 0 Å². The molecule has 0 bridgehead atoms. The van der Waals surface area contributed by atoms with Crippen LogP contribution in [0.1, 0.15) is 19.3 Å². The number of hydrogen-bond acceptors (Lipinski definition) is 4. The fraction of sp³-hybridized carbons (Fsp3) is 0.900. The lowest BCUT2D eigenvalue weighted by atomic mass is 9.68. The molecule has 0 aromatic carbocycles. The fourth-order valence-corrected chi connectivity index (χ4v) is 2.38. The number of carbonyl (C=O) groups excluding carboxylic acids is 1. The Balaban J connectivity index is 2.02. The summed E-state index contributed by atoms with van der Waals surface area (Å²) >= 11 is 0. The average Bonchev–Trinajstić information content (AvgIpc) is 2.46.